The van der Waals surface area contributed by atoms with Gasteiger partial charge >= 0.3 is 0 Å². The summed E-state index contributed by atoms with van der Waals surface area (Å²) in [4.78, 5) is 16.0. The van der Waals surface area contributed by atoms with Gasteiger partial charge in [-0.15, -0.1) is 0 Å². The lowest BCUT2D eigenvalue weighted by atomic mass is 9.85. The van der Waals surface area contributed by atoms with E-state index in [9.17, 15) is 4.79 Å². The molecule has 0 bridgehead atoms. The number of rotatable bonds is 8. The molecule has 0 radical (unpaired) electrons. The van der Waals surface area contributed by atoms with E-state index in [1.165, 1.54) is 5.56 Å². The minimum atomic E-state index is -0.0497. The third kappa shape index (κ3) is 7.17. The van der Waals surface area contributed by atoms with E-state index < -0.39 is 0 Å². The number of aliphatic imine (C=N–C) groups is 1. The molecule has 0 unspecified atom stereocenters. The van der Waals surface area contributed by atoms with E-state index in [0.717, 1.165) is 19.5 Å². The Hall–Kier alpha value is -2.04. The van der Waals surface area contributed by atoms with Gasteiger partial charge in [0, 0.05) is 25.0 Å². The Bertz CT molecular complexity index is 497. The second kappa shape index (κ2) is 9.87. The number of hydrogen-bond acceptors (Lipinski definition) is 2. The van der Waals surface area contributed by atoms with Gasteiger partial charge in [0.15, 0.2) is 5.96 Å². The van der Waals surface area contributed by atoms with Crippen LogP contribution in [0.15, 0.2) is 35.3 Å². The SMILES string of the molecule is CCCNC(=O)CN=C(NCC)NCC(C)(C)c1ccccc1. The van der Waals surface area contributed by atoms with Gasteiger partial charge in [0.1, 0.15) is 6.54 Å². The molecule has 0 atom stereocenters. The monoisotopic (exact) mass is 318 g/mol. The Morgan fingerprint density at radius 3 is 2.39 bits per heavy atom. The zero-order valence-corrected chi connectivity index (χ0v) is 14.8. The summed E-state index contributed by atoms with van der Waals surface area (Å²) in [5.41, 5.74) is 1.24. The van der Waals surface area contributed by atoms with Crippen molar-refractivity contribution < 1.29 is 4.79 Å². The molecule has 0 aliphatic heterocycles. The molecule has 5 nitrogen and oxygen atoms in total. The predicted octanol–water partition coefficient (Wildman–Crippen LogP) is 2.05. The minimum absolute atomic E-state index is 0.0259. The Morgan fingerprint density at radius 1 is 1.09 bits per heavy atom. The summed E-state index contributed by atoms with van der Waals surface area (Å²) < 4.78 is 0. The fourth-order valence-corrected chi connectivity index (χ4v) is 2.11. The molecule has 0 saturated carbocycles. The molecule has 0 fully saturated rings. The van der Waals surface area contributed by atoms with Crippen LogP contribution in [0.3, 0.4) is 0 Å². The molecule has 1 aromatic rings. The van der Waals surface area contributed by atoms with Gasteiger partial charge in [-0.3, -0.25) is 4.79 Å². The van der Waals surface area contributed by atoms with Crippen LogP contribution in [0.2, 0.25) is 0 Å². The molecular formula is C18H30N4O. The number of amides is 1. The van der Waals surface area contributed by atoms with Crippen molar-refractivity contribution in [2.75, 3.05) is 26.2 Å². The highest BCUT2D eigenvalue weighted by atomic mass is 16.1. The lowest BCUT2D eigenvalue weighted by Gasteiger charge is -2.26. The molecule has 0 aliphatic rings. The average molecular weight is 318 g/mol. The first kappa shape index (κ1) is 19.0. The Morgan fingerprint density at radius 2 is 1.78 bits per heavy atom. The Kier molecular flexibility index (Phi) is 8.16. The minimum Gasteiger partial charge on any atom is -0.357 e. The quantitative estimate of drug-likeness (QED) is 0.508. The van der Waals surface area contributed by atoms with Crippen LogP contribution in [0.1, 0.15) is 39.7 Å². The number of nitrogens with one attached hydrogen (secondary N) is 3. The van der Waals surface area contributed by atoms with E-state index in [4.69, 9.17) is 0 Å². The van der Waals surface area contributed by atoms with Gasteiger partial charge in [-0.25, -0.2) is 4.99 Å². The normalized spacial score (nSPS) is 11.9. The molecule has 0 spiro atoms. The highest BCUT2D eigenvalue weighted by Crippen LogP contribution is 2.21. The molecule has 3 N–H and O–H groups in total. The average Bonchev–Trinajstić information content (AvgIpc) is 2.56. The number of carbonyl (C=O) groups is 1. The summed E-state index contributed by atoms with van der Waals surface area (Å²) in [5, 5.41) is 9.33. The van der Waals surface area contributed by atoms with Gasteiger partial charge in [0.2, 0.25) is 5.91 Å². The maximum absolute atomic E-state index is 11.7. The zero-order chi connectivity index (χ0) is 17.1. The second-order valence-electron chi connectivity index (χ2n) is 6.15. The van der Waals surface area contributed by atoms with E-state index in [1.807, 2.05) is 19.9 Å². The molecule has 5 heteroatoms. The number of guanidine groups is 1. The molecule has 0 saturated heterocycles. The fraction of sp³-hybridized carbons (Fsp3) is 0.556. The third-order valence-electron chi connectivity index (χ3n) is 3.55. The summed E-state index contributed by atoms with van der Waals surface area (Å²) in [7, 11) is 0. The van der Waals surface area contributed by atoms with Crippen LogP contribution in [-0.2, 0) is 10.2 Å². The van der Waals surface area contributed by atoms with Gasteiger partial charge < -0.3 is 16.0 Å². The van der Waals surface area contributed by atoms with Crippen molar-refractivity contribution in [3.63, 3.8) is 0 Å². The van der Waals surface area contributed by atoms with Crippen LogP contribution in [0.25, 0.3) is 0 Å². The second-order valence-corrected chi connectivity index (χ2v) is 6.15. The molecule has 0 aliphatic carbocycles. The van der Waals surface area contributed by atoms with E-state index in [2.05, 4.69) is 59.1 Å². The van der Waals surface area contributed by atoms with Gasteiger partial charge in [0.25, 0.3) is 0 Å². The maximum Gasteiger partial charge on any atom is 0.241 e. The number of hydrogen-bond donors (Lipinski definition) is 3. The van der Waals surface area contributed by atoms with E-state index in [0.29, 0.717) is 12.5 Å². The van der Waals surface area contributed by atoms with Crippen molar-refractivity contribution in [1.82, 2.24) is 16.0 Å². The smallest absolute Gasteiger partial charge is 0.241 e. The molecular weight excluding hydrogens is 288 g/mol. The van der Waals surface area contributed by atoms with Crippen LogP contribution in [0.4, 0.5) is 0 Å². The van der Waals surface area contributed by atoms with Crippen molar-refractivity contribution in [1.29, 1.82) is 0 Å². The summed E-state index contributed by atoms with van der Waals surface area (Å²) in [6.07, 6.45) is 0.930. The summed E-state index contributed by atoms with van der Waals surface area (Å²) in [6, 6.07) is 10.4. The first-order chi connectivity index (χ1) is 11.0. The molecule has 0 heterocycles. The van der Waals surface area contributed by atoms with Crippen LogP contribution in [-0.4, -0.2) is 38.0 Å². The van der Waals surface area contributed by atoms with E-state index in [1.54, 1.807) is 0 Å². The topological polar surface area (TPSA) is 65.5 Å². The largest absolute Gasteiger partial charge is 0.357 e. The first-order valence-corrected chi connectivity index (χ1v) is 8.34. The van der Waals surface area contributed by atoms with Crippen molar-refractivity contribution in [2.45, 2.75) is 39.5 Å². The summed E-state index contributed by atoms with van der Waals surface area (Å²) >= 11 is 0. The number of carbonyl (C=O) groups excluding carboxylic acids is 1. The van der Waals surface area contributed by atoms with Crippen molar-refractivity contribution in [3.05, 3.63) is 35.9 Å². The lowest BCUT2D eigenvalue weighted by Crippen LogP contribution is -2.44. The molecule has 1 rings (SSSR count). The first-order valence-electron chi connectivity index (χ1n) is 8.34. The van der Waals surface area contributed by atoms with Gasteiger partial charge in [0.05, 0.1) is 0 Å². The molecule has 128 valence electrons. The lowest BCUT2D eigenvalue weighted by molar-refractivity contribution is -0.119. The maximum atomic E-state index is 11.7. The standard InChI is InChI=1S/C18H30N4O/c1-5-12-20-16(23)13-21-17(19-6-2)22-14-18(3,4)15-10-8-7-9-11-15/h7-11H,5-6,12-14H2,1-4H3,(H,20,23)(H2,19,21,22). The highest BCUT2D eigenvalue weighted by molar-refractivity contribution is 5.84. The predicted molar refractivity (Wildman–Crippen MR) is 96.8 cm³/mol. The van der Waals surface area contributed by atoms with E-state index in [-0.39, 0.29) is 17.9 Å². The van der Waals surface area contributed by atoms with Crippen LogP contribution in [0.5, 0.6) is 0 Å². The van der Waals surface area contributed by atoms with Crippen LogP contribution >= 0.6 is 0 Å². The number of benzene rings is 1. The zero-order valence-electron chi connectivity index (χ0n) is 14.8. The van der Waals surface area contributed by atoms with Gasteiger partial charge in [-0.05, 0) is 18.9 Å². The molecule has 1 amide bonds. The van der Waals surface area contributed by atoms with Gasteiger partial charge in [-0.1, -0.05) is 51.1 Å². The molecule has 0 aromatic heterocycles. The van der Waals surface area contributed by atoms with Crippen molar-refractivity contribution in [3.8, 4) is 0 Å². The summed E-state index contributed by atoms with van der Waals surface area (Å²) in [6.45, 7) is 10.7. The third-order valence-corrected chi connectivity index (χ3v) is 3.55. The van der Waals surface area contributed by atoms with Crippen LogP contribution in [0, 0.1) is 0 Å². The Balaban J connectivity index is 2.60. The fourth-order valence-electron chi connectivity index (χ4n) is 2.11. The van der Waals surface area contributed by atoms with Crippen LogP contribution < -0.4 is 16.0 Å². The van der Waals surface area contributed by atoms with Gasteiger partial charge in [-0.2, -0.15) is 0 Å². The van der Waals surface area contributed by atoms with E-state index >= 15 is 0 Å². The summed E-state index contributed by atoms with van der Waals surface area (Å²) in [5.74, 6) is 0.620. The molecule has 1 aromatic carbocycles. The Labute approximate surface area is 140 Å². The van der Waals surface area contributed by atoms with Crippen molar-refractivity contribution in [2.24, 2.45) is 4.99 Å². The number of nitrogens with zero attached hydrogens (tertiary/aromatic N) is 1. The molecule has 23 heavy (non-hydrogen) atoms. The van der Waals surface area contributed by atoms with Crippen molar-refractivity contribution >= 4 is 11.9 Å². The highest BCUT2D eigenvalue weighted by Gasteiger charge is 2.20.